The molecule has 0 aromatic heterocycles. The standard InChI is InChI=1S/C11H14BrFN2O2/c12-9-5-4-8(13)7-10(9)17-6-2-1-3-11(14)15-16/h4-5,7,16H,1-3,6H2,(H2,14,15). The lowest BCUT2D eigenvalue weighted by atomic mass is 10.2. The molecule has 0 heterocycles. The number of rotatable bonds is 6. The SMILES string of the molecule is N/C(CCCCOc1cc(F)ccc1Br)=N/O. The Kier molecular flexibility index (Phi) is 5.76. The molecule has 6 heteroatoms. The lowest BCUT2D eigenvalue weighted by molar-refractivity contribution is 0.302. The molecule has 0 spiro atoms. The highest BCUT2D eigenvalue weighted by molar-refractivity contribution is 9.10. The average Bonchev–Trinajstić information content (AvgIpc) is 2.32. The maximum Gasteiger partial charge on any atom is 0.139 e. The van der Waals surface area contributed by atoms with Crippen molar-refractivity contribution in [2.75, 3.05) is 6.61 Å². The van der Waals surface area contributed by atoms with Crippen molar-refractivity contribution in [2.45, 2.75) is 19.3 Å². The summed E-state index contributed by atoms with van der Waals surface area (Å²) in [5.74, 6) is 0.352. The molecule has 0 amide bonds. The van der Waals surface area contributed by atoms with Gasteiger partial charge in [0.05, 0.1) is 11.1 Å². The quantitative estimate of drug-likeness (QED) is 0.279. The van der Waals surface area contributed by atoms with Crippen LogP contribution in [0, 0.1) is 5.82 Å². The first kappa shape index (κ1) is 13.8. The summed E-state index contributed by atoms with van der Waals surface area (Å²) in [5, 5.41) is 11.2. The predicted octanol–water partition coefficient (Wildman–Crippen LogP) is 2.88. The largest absolute Gasteiger partial charge is 0.492 e. The molecule has 1 aromatic rings. The molecule has 0 radical (unpaired) electrons. The number of hydrogen-bond acceptors (Lipinski definition) is 3. The summed E-state index contributed by atoms with van der Waals surface area (Å²) < 4.78 is 19.0. The first-order valence-corrected chi connectivity index (χ1v) is 5.97. The number of oxime groups is 1. The number of nitrogens with zero attached hydrogens (tertiary/aromatic N) is 1. The third-order valence-electron chi connectivity index (χ3n) is 2.11. The number of amidine groups is 1. The van der Waals surface area contributed by atoms with E-state index >= 15 is 0 Å². The summed E-state index contributed by atoms with van der Waals surface area (Å²) in [4.78, 5) is 0. The lowest BCUT2D eigenvalue weighted by Gasteiger charge is -2.07. The van der Waals surface area contributed by atoms with Crippen molar-refractivity contribution in [1.82, 2.24) is 0 Å². The predicted molar refractivity (Wildman–Crippen MR) is 66.9 cm³/mol. The van der Waals surface area contributed by atoms with Gasteiger partial charge < -0.3 is 15.7 Å². The van der Waals surface area contributed by atoms with E-state index in [2.05, 4.69) is 21.1 Å². The number of halogens is 2. The molecule has 1 aromatic carbocycles. The minimum absolute atomic E-state index is 0.205. The van der Waals surface area contributed by atoms with Gasteiger partial charge in [0.2, 0.25) is 0 Å². The van der Waals surface area contributed by atoms with E-state index in [0.717, 1.165) is 17.3 Å². The third-order valence-corrected chi connectivity index (χ3v) is 2.76. The Morgan fingerprint density at radius 1 is 1.47 bits per heavy atom. The second-order valence-electron chi connectivity index (χ2n) is 3.47. The Bertz CT molecular complexity index is 399. The van der Waals surface area contributed by atoms with Crippen LogP contribution in [0.2, 0.25) is 0 Å². The van der Waals surface area contributed by atoms with Crippen molar-refractivity contribution in [2.24, 2.45) is 10.9 Å². The molecule has 0 atom stereocenters. The van der Waals surface area contributed by atoms with E-state index in [1.807, 2.05) is 0 Å². The second-order valence-corrected chi connectivity index (χ2v) is 4.33. The minimum atomic E-state index is -0.333. The Morgan fingerprint density at radius 3 is 2.94 bits per heavy atom. The summed E-state index contributed by atoms with van der Waals surface area (Å²) in [6.45, 7) is 0.459. The van der Waals surface area contributed by atoms with Gasteiger partial charge in [-0.3, -0.25) is 0 Å². The maximum atomic E-state index is 12.9. The Hall–Kier alpha value is -1.30. The molecule has 4 nitrogen and oxygen atoms in total. The molecule has 0 bridgehead atoms. The van der Waals surface area contributed by atoms with Crippen molar-refractivity contribution in [3.05, 3.63) is 28.5 Å². The zero-order chi connectivity index (χ0) is 12.7. The Morgan fingerprint density at radius 2 is 2.24 bits per heavy atom. The van der Waals surface area contributed by atoms with Crippen LogP contribution in [-0.4, -0.2) is 17.6 Å². The smallest absolute Gasteiger partial charge is 0.139 e. The topological polar surface area (TPSA) is 67.8 Å². The molecule has 0 aliphatic heterocycles. The first-order valence-electron chi connectivity index (χ1n) is 5.17. The van der Waals surface area contributed by atoms with Crippen molar-refractivity contribution >= 4 is 21.8 Å². The van der Waals surface area contributed by atoms with Gasteiger partial charge in [-0.15, -0.1) is 0 Å². The first-order chi connectivity index (χ1) is 8.13. The van der Waals surface area contributed by atoms with E-state index in [0.29, 0.717) is 18.8 Å². The van der Waals surface area contributed by atoms with E-state index in [9.17, 15) is 4.39 Å². The van der Waals surface area contributed by atoms with Crippen molar-refractivity contribution in [3.63, 3.8) is 0 Å². The van der Waals surface area contributed by atoms with Crippen LogP contribution >= 0.6 is 15.9 Å². The van der Waals surface area contributed by atoms with Gasteiger partial charge in [-0.1, -0.05) is 5.16 Å². The summed E-state index contributed by atoms with van der Waals surface area (Å²) in [5.41, 5.74) is 5.31. The fraction of sp³-hybridized carbons (Fsp3) is 0.364. The van der Waals surface area contributed by atoms with Gasteiger partial charge in [0.15, 0.2) is 0 Å². The monoisotopic (exact) mass is 304 g/mol. The van der Waals surface area contributed by atoms with E-state index in [4.69, 9.17) is 15.7 Å². The molecule has 1 rings (SSSR count). The Labute approximate surface area is 107 Å². The van der Waals surface area contributed by atoms with Crippen LogP contribution in [0.4, 0.5) is 4.39 Å². The fourth-order valence-electron chi connectivity index (χ4n) is 1.23. The highest BCUT2D eigenvalue weighted by Crippen LogP contribution is 2.25. The average molecular weight is 305 g/mol. The summed E-state index contributed by atoms with van der Waals surface area (Å²) in [7, 11) is 0. The van der Waals surface area contributed by atoms with E-state index in [1.165, 1.54) is 12.1 Å². The summed E-state index contributed by atoms with van der Waals surface area (Å²) >= 11 is 3.27. The van der Waals surface area contributed by atoms with Crippen LogP contribution in [0.5, 0.6) is 5.75 Å². The van der Waals surface area contributed by atoms with Crippen molar-refractivity contribution in [3.8, 4) is 5.75 Å². The minimum Gasteiger partial charge on any atom is -0.492 e. The normalized spacial score (nSPS) is 11.5. The van der Waals surface area contributed by atoms with Gasteiger partial charge in [-0.2, -0.15) is 0 Å². The lowest BCUT2D eigenvalue weighted by Crippen LogP contribution is -2.11. The molecule has 0 aliphatic carbocycles. The maximum absolute atomic E-state index is 12.9. The van der Waals surface area contributed by atoms with E-state index in [1.54, 1.807) is 6.07 Å². The van der Waals surface area contributed by atoms with Crippen LogP contribution in [-0.2, 0) is 0 Å². The van der Waals surface area contributed by atoms with E-state index in [-0.39, 0.29) is 11.7 Å². The molecule has 3 N–H and O–H groups in total. The number of nitrogens with two attached hydrogens (primary N) is 1. The molecular weight excluding hydrogens is 291 g/mol. The molecule has 17 heavy (non-hydrogen) atoms. The number of hydrogen-bond donors (Lipinski definition) is 2. The second kappa shape index (κ2) is 7.11. The highest BCUT2D eigenvalue weighted by atomic mass is 79.9. The zero-order valence-electron chi connectivity index (χ0n) is 9.20. The van der Waals surface area contributed by atoms with Gasteiger partial charge in [-0.05, 0) is 40.9 Å². The Balaban J connectivity index is 2.29. The van der Waals surface area contributed by atoms with Crippen LogP contribution in [0.15, 0.2) is 27.8 Å². The number of ether oxygens (including phenoxy) is 1. The van der Waals surface area contributed by atoms with Crippen molar-refractivity contribution in [1.29, 1.82) is 0 Å². The third kappa shape index (κ3) is 5.04. The van der Waals surface area contributed by atoms with Crippen LogP contribution in [0.1, 0.15) is 19.3 Å². The molecule has 0 saturated heterocycles. The molecule has 0 aliphatic rings. The van der Waals surface area contributed by atoms with E-state index < -0.39 is 0 Å². The molecule has 0 fully saturated rings. The highest BCUT2D eigenvalue weighted by Gasteiger charge is 2.02. The van der Waals surface area contributed by atoms with Crippen molar-refractivity contribution < 1.29 is 14.3 Å². The number of benzene rings is 1. The van der Waals surface area contributed by atoms with Crippen LogP contribution < -0.4 is 10.5 Å². The molecule has 0 unspecified atom stereocenters. The van der Waals surface area contributed by atoms with Crippen LogP contribution in [0.25, 0.3) is 0 Å². The van der Waals surface area contributed by atoms with Gasteiger partial charge >= 0.3 is 0 Å². The van der Waals surface area contributed by atoms with Gasteiger partial charge in [-0.25, -0.2) is 4.39 Å². The van der Waals surface area contributed by atoms with Gasteiger partial charge in [0.25, 0.3) is 0 Å². The zero-order valence-corrected chi connectivity index (χ0v) is 10.8. The summed E-state index contributed by atoms with van der Waals surface area (Å²) in [6.07, 6.45) is 2.02. The summed E-state index contributed by atoms with van der Waals surface area (Å²) in [6, 6.07) is 4.28. The molecular formula is C11H14BrFN2O2. The number of unbranched alkanes of at least 4 members (excludes halogenated alkanes) is 1. The van der Waals surface area contributed by atoms with Gasteiger partial charge in [0, 0.05) is 12.5 Å². The van der Waals surface area contributed by atoms with Crippen LogP contribution in [0.3, 0.4) is 0 Å². The molecule has 94 valence electrons. The molecule has 0 saturated carbocycles. The fourth-order valence-corrected chi connectivity index (χ4v) is 1.59. The van der Waals surface area contributed by atoms with Gasteiger partial charge in [0.1, 0.15) is 17.4 Å².